The molecule has 0 radical (unpaired) electrons. The second-order valence-corrected chi connectivity index (χ2v) is 6.18. The Morgan fingerprint density at radius 1 is 1.29 bits per heavy atom. The number of fused-ring (bicyclic) bond motifs is 1. The fourth-order valence-electron chi connectivity index (χ4n) is 3.65. The van der Waals surface area contributed by atoms with E-state index in [2.05, 4.69) is 28.4 Å². The smallest absolute Gasteiger partial charge is 0.244 e. The maximum Gasteiger partial charge on any atom is 0.244 e. The number of rotatable bonds is 2. The minimum Gasteiger partial charge on any atom is -0.420 e. The third kappa shape index (κ3) is 2.28. The predicted molar refractivity (Wildman–Crippen MR) is 90.7 cm³/mol. The predicted octanol–water partition coefficient (Wildman–Crippen LogP) is 3.60. The number of nitrogens with one attached hydrogen (secondary N) is 1. The molecule has 5 nitrogen and oxygen atoms in total. The van der Waals surface area contributed by atoms with Crippen LogP contribution in [0.2, 0.25) is 0 Å². The zero-order valence-electron chi connectivity index (χ0n) is 13.2. The average molecular weight is 318 g/mol. The molecule has 2 aliphatic rings. The Hall–Kier alpha value is -3.00. The van der Waals surface area contributed by atoms with Gasteiger partial charge in [-0.15, -0.1) is 5.10 Å². The van der Waals surface area contributed by atoms with E-state index in [1.807, 2.05) is 30.3 Å². The minimum atomic E-state index is -0.121. The number of hydrogen-bond acceptors (Lipinski definition) is 4. The summed E-state index contributed by atoms with van der Waals surface area (Å²) in [6.07, 6.45) is 7.63. The molecule has 3 N–H and O–H groups in total. The Kier molecular flexibility index (Phi) is 3.58. The van der Waals surface area contributed by atoms with Crippen LogP contribution in [0.15, 0.2) is 53.9 Å². The third-order valence-corrected chi connectivity index (χ3v) is 4.77. The standard InChI is InChI=1S/C19H18N4O/c20-11-14-15(12-7-3-1-4-8-12)16-17(13-9-5-2-6-10-13)22-23-19(16)24-18(14)21/h2-3,5-7,9-10,12,15H,1,4,8,21H2,(H,22,23). The summed E-state index contributed by atoms with van der Waals surface area (Å²) in [6.45, 7) is 0. The monoisotopic (exact) mass is 318 g/mol. The molecule has 2 atom stereocenters. The topological polar surface area (TPSA) is 87.7 Å². The number of aromatic amines is 1. The fourth-order valence-corrected chi connectivity index (χ4v) is 3.65. The fraction of sp³-hybridized carbons (Fsp3) is 0.263. The van der Waals surface area contributed by atoms with Crippen molar-refractivity contribution in [3.8, 4) is 23.2 Å². The summed E-state index contributed by atoms with van der Waals surface area (Å²) in [4.78, 5) is 0. The van der Waals surface area contributed by atoms with Crippen molar-refractivity contribution in [2.75, 3.05) is 0 Å². The highest BCUT2D eigenvalue weighted by Gasteiger charge is 2.38. The van der Waals surface area contributed by atoms with Crippen molar-refractivity contribution in [2.24, 2.45) is 11.7 Å². The summed E-state index contributed by atoms with van der Waals surface area (Å²) in [6, 6.07) is 12.3. The first-order valence-corrected chi connectivity index (χ1v) is 8.17. The van der Waals surface area contributed by atoms with Gasteiger partial charge < -0.3 is 10.5 Å². The van der Waals surface area contributed by atoms with Crippen LogP contribution in [0, 0.1) is 17.2 Å². The van der Waals surface area contributed by atoms with Crippen LogP contribution >= 0.6 is 0 Å². The summed E-state index contributed by atoms with van der Waals surface area (Å²) in [5, 5.41) is 17.0. The van der Waals surface area contributed by atoms with Gasteiger partial charge in [-0.1, -0.05) is 42.5 Å². The van der Waals surface area contributed by atoms with Crippen molar-refractivity contribution in [2.45, 2.75) is 25.2 Å². The SMILES string of the molecule is N#CC1=C(N)Oc2n[nH]c(-c3ccccc3)c2C1C1C=CCCC1. The van der Waals surface area contributed by atoms with Gasteiger partial charge in [0.05, 0.1) is 16.8 Å². The molecule has 0 saturated carbocycles. The molecule has 0 amide bonds. The molecular formula is C19H18N4O. The number of H-pyrrole nitrogens is 1. The van der Waals surface area contributed by atoms with E-state index < -0.39 is 0 Å². The molecule has 4 rings (SSSR count). The Labute approximate surface area is 140 Å². The molecule has 0 bridgehead atoms. The van der Waals surface area contributed by atoms with Gasteiger partial charge >= 0.3 is 0 Å². The number of allylic oxidation sites excluding steroid dienone is 3. The van der Waals surface area contributed by atoms with Crippen LogP contribution in [0.5, 0.6) is 5.88 Å². The van der Waals surface area contributed by atoms with Crippen molar-refractivity contribution in [1.29, 1.82) is 5.26 Å². The zero-order valence-corrected chi connectivity index (χ0v) is 13.2. The van der Waals surface area contributed by atoms with E-state index in [1.54, 1.807) is 0 Å². The molecule has 5 heteroatoms. The van der Waals surface area contributed by atoms with Crippen LogP contribution in [0.1, 0.15) is 30.7 Å². The van der Waals surface area contributed by atoms with Gasteiger partial charge in [-0.3, -0.25) is 5.10 Å². The number of nitriles is 1. The van der Waals surface area contributed by atoms with Gasteiger partial charge in [-0.05, 0) is 30.7 Å². The second-order valence-electron chi connectivity index (χ2n) is 6.18. The molecule has 0 spiro atoms. The molecule has 2 heterocycles. The minimum absolute atomic E-state index is 0.121. The molecule has 0 fully saturated rings. The quantitative estimate of drug-likeness (QED) is 0.828. The van der Waals surface area contributed by atoms with Gasteiger partial charge in [-0.25, -0.2) is 0 Å². The van der Waals surface area contributed by atoms with E-state index >= 15 is 0 Å². The van der Waals surface area contributed by atoms with E-state index in [9.17, 15) is 5.26 Å². The van der Waals surface area contributed by atoms with Gasteiger partial charge in [0, 0.05) is 5.92 Å². The molecule has 1 aliphatic heterocycles. The highest BCUT2D eigenvalue weighted by atomic mass is 16.5. The number of aromatic nitrogens is 2. The van der Waals surface area contributed by atoms with Gasteiger partial charge in [0.15, 0.2) is 0 Å². The first-order valence-electron chi connectivity index (χ1n) is 8.17. The summed E-state index contributed by atoms with van der Waals surface area (Å²) >= 11 is 0. The number of benzene rings is 1. The lowest BCUT2D eigenvalue weighted by Crippen LogP contribution is -2.25. The van der Waals surface area contributed by atoms with Crippen LogP contribution < -0.4 is 10.5 Å². The molecule has 1 aliphatic carbocycles. The van der Waals surface area contributed by atoms with Crippen molar-refractivity contribution in [3.05, 3.63) is 59.5 Å². The van der Waals surface area contributed by atoms with Gasteiger partial charge in [0.1, 0.15) is 6.07 Å². The molecule has 0 saturated heterocycles. The van der Waals surface area contributed by atoms with E-state index in [0.717, 1.165) is 36.1 Å². The molecule has 2 aromatic rings. The normalized spacial score (nSPS) is 22.6. The first kappa shape index (κ1) is 14.6. The molecule has 120 valence electrons. The van der Waals surface area contributed by atoms with Crippen LogP contribution in [-0.4, -0.2) is 10.2 Å². The lowest BCUT2D eigenvalue weighted by atomic mass is 9.75. The summed E-state index contributed by atoms with van der Waals surface area (Å²) < 4.78 is 5.63. The van der Waals surface area contributed by atoms with Crippen molar-refractivity contribution in [1.82, 2.24) is 10.2 Å². The first-order chi connectivity index (χ1) is 11.8. The third-order valence-electron chi connectivity index (χ3n) is 4.77. The van der Waals surface area contributed by atoms with Crippen molar-refractivity contribution >= 4 is 0 Å². The molecule has 24 heavy (non-hydrogen) atoms. The lowest BCUT2D eigenvalue weighted by Gasteiger charge is -2.30. The summed E-state index contributed by atoms with van der Waals surface area (Å²) in [7, 11) is 0. The number of nitrogens with two attached hydrogens (primary N) is 1. The molecule has 1 aromatic carbocycles. The van der Waals surface area contributed by atoms with Crippen LogP contribution in [0.25, 0.3) is 11.3 Å². The Morgan fingerprint density at radius 3 is 2.83 bits per heavy atom. The van der Waals surface area contributed by atoms with Gasteiger partial charge in [-0.2, -0.15) is 5.26 Å². The van der Waals surface area contributed by atoms with Crippen LogP contribution in [0.4, 0.5) is 0 Å². The molecular weight excluding hydrogens is 300 g/mol. The maximum atomic E-state index is 9.66. The average Bonchev–Trinajstić information content (AvgIpc) is 3.05. The molecule has 2 unspecified atom stereocenters. The zero-order chi connectivity index (χ0) is 16.5. The van der Waals surface area contributed by atoms with Crippen molar-refractivity contribution in [3.63, 3.8) is 0 Å². The Bertz CT molecular complexity index is 857. The summed E-state index contributed by atoms with van der Waals surface area (Å²) in [5.41, 5.74) is 9.36. The number of nitrogens with zero attached hydrogens (tertiary/aromatic N) is 2. The molecule has 1 aromatic heterocycles. The van der Waals surface area contributed by atoms with E-state index in [4.69, 9.17) is 10.5 Å². The summed E-state index contributed by atoms with van der Waals surface area (Å²) in [5.74, 6) is 0.758. The van der Waals surface area contributed by atoms with E-state index in [1.165, 1.54) is 0 Å². The number of ether oxygens (including phenoxy) is 1. The van der Waals surface area contributed by atoms with Crippen LogP contribution in [0.3, 0.4) is 0 Å². The maximum absolute atomic E-state index is 9.66. The largest absolute Gasteiger partial charge is 0.420 e. The highest BCUT2D eigenvalue weighted by Crippen LogP contribution is 2.48. The van der Waals surface area contributed by atoms with E-state index in [-0.39, 0.29) is 17.7 Å². The number of hydrogen-bond donors (Lipinski definition) is 2. The second kappa shape index (κ2) is 5.89. The highest BCUT2D eigenvalue weighted by molar-refractivity contribution is 5.69. The van der Waals surface area contributed by atoms with Crippen LogP contribution in [-0.2, 0) is 0 Å². The lowest BCUT2D eigenvalue weighted by molar-refractivity contribution is 0.355. The Balaban J connectivity index is 1.89. The van der Waals surface area contributed by atoms with Gasteiger partial charge in [0.2, 0.25) is 11.8 Å². The Morgan fingerprint density at radius 2 is 2.12 bits per heavy atom. The van der Waals surface area contributed by atoms with Crippen molar-refractivity contribution < 1.29 is 4.74 Å². The van der Waals surface area contributed by atoms with E-state index in [0.29, 0.717) is 11.5 Å². The van der Waals surface area contributed by atoms with Gasteiger partial charge in [0.25, 0.3) is 0 Å².